The Morgan fingerprint density at radius 2 is 1.73 bits per heavy atom. The lowest BCUT2D eigenvalue weighted by atomic mass is 10.2. The van der Waals surface area contributed by atoms with Crippen LogP contribution in [0.4, 0.5) is 13.2 Å². The van der Waals surface area contributed by atoms with Crippen LogP contribution in [0.5, 0.6) is 0 Å². The molecule has 0 saturated carbocycles. The number of alkyl halides is 3. The molecule has 2 N–H and O–H groups in total. The van der Waals surface area contributed by atoms with Gasteiger partial charge in [-0.05, 0) is 6.92 Å². The highest BCUT2D eigenvalue weighted by Crippen LogP contribution is 2.21. The first-order valence-electron chi connectivity index (χ1n) is 2.74. The van der Waals surface area contributed by atoms with E-state index in [2.05, 4.69) is 4.74 Å². The quantitative estimate of drug-likeness (QED) is 0.718. The van der Waals surface area contributed by atoms with E-state index >= 15 is 0 Å². The SMILES string of the molecule is CO[C@@H](C)[C@H](N)C(F)(F)F.Cl. The molecule has 70 valence electrons. The van der Waals surface area contributed by atoms with Crippen LogP contribution in [0.3, 0.4) is 0 Å². The van der Waals surface area contributed by atoms with E-state index in [-0.39, 0.29) is 12.4 Å². The van der Waals surface area contributed by atoms with Crippen LogP contribution in [-0.2, 0) is 4.74 Å². The Morgan fingerprint density at radius 3 is 1.82 bits per heavy atom. The van der Waals surface area contributed by atoms with Crippen molar-refractivity contribution in [2.75, 3.05) is 7.11 Å². The molecule has 0 fully saturated rings. The van der Waals surface area contributed by atoms with E-state index in [9.17, 15) is 13.2 Å². The third kappa shape index (κ3) is 4.44. The average molecular weight is 194 g/mol. The minimum atomic E-state index is -4.37. The molecule has 0 aromatic rings. The van der Waals surface area contributed by atoms with Crippen LogP contribution in [-0.4, -0.2) is 25.4 Å². The number of rotatable bonds is 2. The Hall–Kier alpha value is -0.0000000000000000555. The van der Waals surface area contributed by atoms with Gasteiger partial charge in [-0.15, -0.1) is 12.4 Å². The van der Waals surface area contributed by atoms with Gasteiger partial charge in [0.25, 0.3) is 0 Å². The van der Waals surface area contributed by atoms with Gasteiger partial charge in [-0.25, -0.2) is 0 Å². The predicted molar refractivity (Wildman–Crippen MR) is 37.7 cm³/mol. The molecule has 0 unspecified atom stereocenters. The van der Waals surface area contributed by atoms with Gasteiger partial charge in [0.1, 0.15) is 6.04 Å². The van der Waals surface area contributed by atoms with E-state index in [1.54, 1.807) is 0 Å². The van der Waals surface area contributed by atoms with Crippen molar-refractivity contribution in [1.29, 1.82) is 0 Å². The number of hydrogen-bond acceptors (Lipinski definition) is 2. The minimum absolute atomic E-state index is 0. The molecule has 0 amide bonds. The van der Waals surface area contributed by atoms with Crippen molar-refractivity contribution in [3.05, 3.63) is 0 Å². The molecule has 0 radical (unpaired) electrons. The lowest BCUT2D eigenvalue weighted by molar-refractivity contribution is -0.170. The Kier molecular flexibility index (Phi) is 5.92. The van der Waals surface area contributed by atoms with Gasteiger partial charge in [-0.2, -0.15) is 13.2 Å². The van der Waals surface area contributed by atoms with Gasteiger partial charge in [0, 0.05) is 7.11 Å². The highest BCUT2D eigenvalue weighted by atomic mass is 35.5. The minimum Gasteiger partial charge on any atom is -0.380 e. The number of hydrogen-bond donors (Lipinski definition) is 1. The van der Waals surface area contributed by atoms with Crippen molar-refractivity contribution in [3.8, 4) is 0 Å². The molecule has 2 atom stereocenters. The van der Waals surface area contributed by atoms with E-state index in [0.29, 0.717) is 0 Å². The summed E-state index contributed by atoms with van der Waals surface area (Å²) in [7, 11) is 1.19. The van der Waals surface area contributed by atoms with Gasteiger partial charge in [-0.3, -0.25) is 0 Å². The number of ether oxygens (including phenoxy) is 1. The molecule has 0 aliphatic heterocycles. The highest BCUT2D eigenvalue weighted by molar-refractivity contribution is 5.85. The van der Waals surface area contributed by atoms with Crippen LogP contribution in [0, 0.1) is 0 Å². The maximum Gasteiger partial charge on any atom is 0.406 e. The fourth-order valence-corrected chi connectivity index (χ4v) is 0.413. The molecule has 2 nitrogen and oxygen atoms in total. The van der Waals surface area contributed by atoms with Gasteiger partial charge in [0.15, 0.2) is 0 Å². The zero-order chi connectivity index (χ0) is 8.36. The summed E-state index contributed by atoms with van der Waals surface area (Å²) in [5, 5.41) is 0. The molecule has 6 heteroatoms. The third-order valence-electron chi connectivity index (χ3n) is 1.26. The molecule has 0 aliphatic carbocycles. The average Bonchev–Trinajstić information content (AvgIpc) is 1.83. The second-order valence-electron chi connectivity index (χ2n) is 2.01. The fraction of sp³-hybridized carbons (Fsp3) is 1.00. The van der Waals surface area contributed by atoms with Gasteiger partial charge in [0.2, 0.25) is 0 Å². The normalized spacial score (nSPS) is 16.9. The molecule has 0 aromatic carbocycles. The topological polar surface area (TPSA) is 35.2 Å². The largest absolute Gasteiger partial charge is 0.406 e. The van der Waals surface area contributed by atoms with Crippen molar-refractivity contribution in [2.45, 2.75) is 25.2 Å². The molecule has 0 aliphatic rings. The molecule has 0 heterocycles. The number of halogens is 4. The molecular formula is C5H11ClF3NO. The molecule has 0 bridgehead atoms. The summed E-state index contributed by atoms with van der Waals surface area (Å²) in [6, 6.07) is -1.89. The van der Waals surface area contributed by atoms with Gasteiger partial charge < -0.3 is 10.5 Å². The maximum absolute atomic E-state index is 11.7. The third-order valence-corrected chi connectivity index (χ3v) is 1.26. The lowest BCUT2D eigenvalue weighted by Gasteiger charge is -2.20. The van der Waals surface area contributed by atoms with Crippen LogP contribution in [0.25, 0.3) is 0 Å². The number of nitrogens with two attached hydrogens (primary N) is 1. The summed E-state index contributed by atoms with van der Waals surface area (Å²) in [4.78, 5) is 0. The van der Waals surface area contributed by atoms with Crippen molar-refractivity contribution in [1.82, 2.24) is 0 Å². The summed E-state index contributed by atoms with van der Waals surface area (Å²) >= 11 is 0. The summed E-state index contributed by atoms with van der Waals surface area (Å²) in [6.45, 7) is 1.28. The first kappa shape index (κ1) is 13.6. The monoisotopic (exact) mass is 193 g/mol. The van der Waals surface area contributed by atoms with E-state index in [1.165, 1.54) is 14.0 Å². The van der Waals surface area contributed by atoms with Crippen molar-refractivity contribution >= 4 is 12.4 Å². The van der Waals surface area contributed by atoms with Crippen molar-refractivity contribution < 1.29 is 17.9 Å². The first-order chi connectivity index (χ1) is 4.39. The first-order valence-corrected chi connectivity index (χ1v) is 2.74. The summed E-state index contributed by atoms with van der Waals surface area (Å²) in [6.07, 6.45) is -5.35. The smallest absolute Gasteiger partial charge is 0.380 e. The van der Waals surface area contributed by atoms with E-state index < -0.39 is 18.3 Å². The second-order valence-corrected chi connectivity index (χ2v) is 2.01. The Labute approximate surface area is 69.3 Å². The highest BCUT2D eigenvalue weighted by Gasteiger charge is 2.40. The van der Waals surface area contributed by atoms with Gasteiger partial charge in [0.05, 0.1) is 6.10 Å². The molecular weight excluding hydrogens is 183 g/mol. The van der Waals surface area contributed by atoms with Crippen LogP contribution in [0.1, 0.15) is 6.92 Å². The zero-order valence-electron chi connectivity index (χ0n) is 6.18. The standard InChI is InChI=1S/C5H10F3NO.ClH/c1-3(10-2)4(9)5(6,7)8;/h3-4H,9H2,1-2H3;1H/t3-,4-;/m0./s1. The Balaban J connectivity index is 0. The lowest BCUT2D eigenvalue weighted by Crippen LogP contribution is -2.46. The summed E-state index contributed by atoms with van der Waals surface area (Å²) in [5.41, 5.74) is 4.75. The molecule has 0 rings (SSSR count). The van der Waals surface area contributed by atoms with E-state index in [4.69, 9.17) is 5.73 Å². The maximum atomic E-state index is 11.7. The van der Waals surface area contributed by atoms with Crippen molar-refractivity contribution in [2.24, 2.45) is 5.73 Å². The zero-order valence-corrected chi connectivity index (χ0v) is 7.00. The number of methoxy groups -OCH3 is 1. The Morgan fingerprint density at radius 1 is 1.36 bits per heavy atom. The molecule has 0 aromatic heterocycles. The van der Waals surface area contributed by atoms with Crippen molar-refractivity contribution in [3.63, 3.8) is 0 Å². The molecule has 0 saturated heterocycles. The fourth-order valence-electron chi connectivity index (χ4n) is 0.413. The summed E-state index contributed by atoms with van der Waals surface area (Å²) < 4.78 is 39.4. The second kappa shape index (κ2) is 4.79. The van der Waals surface area contributed by atoms with Crippen LogP contribution in [0.2, 0.25) is 0 Å². The van der Waals surface area contributed by atoms with Crippen LogP contribution < -0.4 is 5.73 Å². The van der Waals surface area contributed by atoms with Gasteiger partial charge in [-0.1, -0.05) is 0 Å². The van der Waals surface area contributed by atoms with Gasteiger partial charge >= 0.3 is 6.18 Å². The molecule has 0 spiro atoms. The summed E-state index contributed by atoms with van der Waals surface area (Å²) in [5.74, 6) is 0. The Bertz CT molecular complexity index is 108. The van der Waals surface area contributed by atoms with Crippen LogP contribution in [0.15, 0.2) is 0 Å². The van der Waals surface area contributed by atoms with Crippen LogP contribution >= 0.6 is 12.4 Å². The molecule has 11 heavy (non-hydrogen) atoms. The predicted octanol–water partition coefficient (Wildman–Crippen LogP) is 1.33. The van der Waals surface area contributed by atoms with E-state index in [0.717, 1.165) is 0 Å². The van der Waals surface area contributed by atoms with E-state index in [1.807, 2.05) is 0 Å².